The summed E-state index contributed by atoms with van der Waals surface area (Å²) in [7, 11) is 1.71. The first-order chi connectivity index (χ1) is 12.1. The van der Waals surface area contributed by atoms with Gasteiger partial charge in [0, 0.05) is 51.6 Å². The number of amides is 1. The van der Waals surface area contributed by atoms with Crippen LogP contribution in [-0.2, 0) is 22.5 Å². The zero-order chi connectivity index (χ0) is 17.7. The van der Waals surface area contributed by atoms with Crippen molar-refractivity contribution in [3.63, 3.8) is 0 Å². The summed E-state index contributed by atoms with van der Waals surface area (Å²) in [6.45, 7) is 7.18. The number of nitrogens with zero attached hydrogens (tertiary/aromatic N) is 4. The topological polar surface area (TPSA) is 71.7 Å². The number of aromatic nitrogens is 2. The van der Waals surface area contributed by atoms with E-state index < -0.39 is 0 Å². The van der Waals surface area contributed by atoms with Gasteiger partial charge in [-0.25, -0.2) is 0 Å². The number of hydrogen-bond donors (Lipinski definition) is 0. The van der Waals surface area contributed by atoms with Crippen LogP contribution in [0.15, 0.2) is 4.42 Å². The second kappa shape index (κ2) is 8.27. The van der Waals surface area contributed by atoms with Crippen molar-refractivity contribution in [2.24, 2.45) is 5.41 Å². The Bertz CT molecular complexity index is 576. The maximum Gasteiger partial charge on any atom is 0.230 e. The molecule has 1 spiro atoms. The Kier molecular flexibility index (Phi) is 6.06. The molecule has 7 heteroatoms. The van der Waals surface area contributed by atoms with E-state index in [1.54, 1.807) is 7.11 Å². The molecule has 2 fully saturated rings. The van der Waals surface area contributed by atoms with Crippen LogP contribution < -0.4 is 0 Å². The number of aryl methyl sites for hydroxylation is 1. The Balaban J connectivity index is 1.59. The van der Waals surface area contributed by atoms with Gasteiger partial charge in [0.25, 0.3) is 0 Å². The third-order valence-corrected chi connectivity index (χ3v) is 5.44. The molecule has 0 radical (unpaired) electrons. The summed E-state index contributed by atoms with van der Waals surface area (Å²) in [5.41, 5.74) is 0.215. The lowest BCUT2D eigenvalue weighted by Gasteiger charge is -2.48. The fourth-order valence-corrected chi connectivity index (χ4v) is 4.17. The Morgan fingerprint density at radius 3 is 2.84 bits per heavy atom. The van der Waals surface area contributed by atoms with E-state index in [0.717, 1.165) is 51.9 Å². The summed E-state index contributed by atoms with van der Waals surface area (Å²) in [6.07, 6.45) is 5.70. The second-order valence-electron chi connectivity index (χ2n) is 7.42. The number of ether oxygens (including phenoxy) is 1. The zero-order valence-electron chi connectivity index (χ0n) is 15.5. The van der Waals surface area contributed by atoms with Crippen LogP contribution in [0.2, 0.25) is 0 Å². The Morgan fingerprint density at radius 1 is 1.24 bits per heavy atom. The molecule has 3 rings (SSSR count). The highest BCUT2D eigenvalue weighted by molar-refractivity contribution is 5.77. The van der Waals surface area contributed by atoms with Gasteiger partial charge < -0.3 is 14.1 Å². The molecule has 1 atom stereocenters. The molecular weight excluding hydrogens is 320 g/mol. The Labute approximate surface area is 149 Å². The summed E-state index contributed by atoms with van der Waals surface area (Å²) in [4.78, 5) is 16.7. The van der Waals surface area contributed by atoms with Gasteiger partial charge in [0.15, 0.2) is 0 Å². The first-order valence-corrected chi connectivity index (χ1v) is 9.44. The van der Waals surface area contributed by atoms with Crippen LogP contribution in [0.3, 0.4) is 0 Å². The fourth-order valence-electron chi connectivity index (χ4n) is 4.17. The second-order valence-corrected chi connectivity index (χ2v) is 7.42. The minimum absolute atomic E-state index is 0.215. The first-order valence-electron chi connectivity index (χ1n) is 9.44. The fraction of sp³-hybridized carbons (Fsp3) is 0.833. The lowest BCUT2D eigenvalue weighted by Crippen LogP contribution is -2.54. The maximum atomic E-state index is 12.3. The zero-order valence-corrected chi connectivity index (χ0v) is 15.5. The van der Waals surface area contributed by atoms with Crippen LogP contribution >= 0.6 is 0 Å². The highest BCUT2D eigenvalue weighted by atomic mass is 16.5. The lowest BCUT2D eigenvalue weighted by molar-refractivity contribution is -0.139. The van der Waals surface area contributed by atoms with Crippen molar-refractivity contribution in [3.05, 3.63) is 11.8 Å². The predicted octanol–water partition coefficient (Wildman–Crippen LogP) is 1.87. The smallest absolute Gasteiger partial charge is 0.230 e. The van der Waals surface area contributed by atoms with E-state index in [0.29, 0.717) is 37.3 Å². The summed E-state index contributed by atoms with van der Waals surface area (Å²) in [5, 5.41) is 8.21. The van der Waals surface area contributed by atoms with Crippen molar-refractivity contribution in [2.45, 2.75) is 52.0 Å². The summed E-state index contributed by atoms with van der Waals surface area (Å²) in [5.74, 6) is 1.70. The van der Waals surface area contributed by atoms with E-state index >= 15 is 0 Å². The van der Waals surface area contributed by atoms with E-state index in [-0.39, 0.29) is 5.41 Å². The molecular formula is C18H30N4O3. The maximum absolute atomic E-state index is 12.3. The summed E-state index contributed by atoms with van der Waals surface area (Å²) in [6, 6.07) is 0. The number of rotatable bonds is 7. The first kappa shape index (κ1) is 18.3. The minimum Gasteiger partial charge on any atom is -0.424 e. The number of carbonyl (C=O) groups is 1. The van der Waals surface area contributed by atoms with Crippen LogP contribution in [0.4, 0.5) is 0 Å². The summed E-state index contributed by atoms with van der Waals surface area (Å²) >= 11 is 0. The van der Waals surface area contributed by atoms with E-state index in [9.17, 15) is 4.79 Å². The number of likely N-dealkylation sites (tertiary alicyclic amines) is 2. The van der Waals surface area contributed by atoms with Gasteiger partial charge in [-0.15, -0.1) is 10.2 Å². The Hall–Kier alpha value is -1.47. The molecule has 1 amide bonds. The summed E-state index contributed by atoms with van der Waals surface area (Å²) < 4.78 is 10.8. The van der Waals surface area contributed by atoms with Gasteiger partial charge in [-0.3, -0.25) is 9.69 Å². The quantitative estimate of drug-likeness (QED) is 0.699. The average Bonchev–Trinajstić information content (AvgIpc) is 3.06. The van der Waals surface area contributed by atoms with Crippen molar-refractivity contribution in [1.29, 1.82) is 0 Å². The number of hydrogen-bond acceptors (Lipinski definition) is 6. The average molecular weight is 350 g/mol. The van der Waals surface area contributed by atoms with Gasteiger partial charge in [-0.2, -0.15) is 0 Å². The van der Waals surface area contributed by atoms with Crippen LogP contribution in [0.25, 0.3) is 0 Å². The molecule has 3 heterocycles. The third-order valence-electron chi connectivity index (χ3n) is 5.44. The van der Waals surface area contributed by atoms with Gasteiger partial charge >= 0.3 is 0 Å². The largest absolute Gasteiger partial charge is 0.424 e. The molecule has 0 bridgehead atoms. The molecule has 2 aliphatic rings. The molecule has 0 aromatic carbocycles. The Morgan fingerprint density at radius 2 is 2.08 bits per heavy atom. The van der Waals surface area contributed by atoms with Gasteiger partial charge in [0.1, 0.15) is 0 Å². The van der Waals surface area contributed by atoms with Crippen LogP contribution in [0.1, 0.15) is 50.8 Å². The standard InChI is InChI=1S/C18H30N4O3/c1-3-15-19-20-16(25-15)12-21-9-4-7-18(13-21)8-6-17(23)22(14-18)10-5-11-24-2/h3-14H2,1-2H3. The molecule has 0 aliphatic carbocycles. The van der Waals surface area contributed by atoms with Crippen molar-refractivity contribution in [3.8, 4) is 0 Å². The normalized spacial score (nSPS) is 25.0. The van der Waals surface area contributed by atoms with Crippen LogP contribution in [0, 0.1) is 5.41 Å². The van der Waals surface area contributed by atoms with Gasteiger partial charge in [-0.1, -0.05) is 6.92 Å². The molecule has 25 heavy (non-hydrogen) atoms. The van der Waals surface area contributed by atoms with E-state index in [1.807, 2.05) is 11.8 Å². The molecule has 0 N–H and O–H groups in total. The molecule has 1 unspecified atom stereocenters. The third kappa shape index (κ3) is 4.58. The molecule has 140 valence electrons. The van der Waals surface area contributed by atoms with Crippen molar-refractivity contribution < 1.29 is 13.9 Å². The predicted molar refractivity (Wildman–Crippen MR) is 92.9 cm³/mol. The van der Waals surface area contributed by atoms with Crippen LogP contribution in [-0.4, -0.2) is 65.8 Å². The molecule has 2 aliphatic heterocycles. The van der Waals surface area contributed by atoms with Gasteiger partial charge in [0.2, 0.25) is 17.7 Å². The van der Waals surface area contributed by atoms with Crippen LogP contribution in [0.5, 0.6) is 0 Å². The lowest BCUT2D eigenvalue weighted by atomic mass is 9.73. The molecule has 1 aromatic heterocycles. The molecule has 7 nitrogen and oxygen atoms in total. The van der Waals surface area contributed by atoms with Crippen molar-refractivity contribution >= 4 is 5.91 Å². The SMILES string of the molecule is CCc1nnc(CN2CCCC3(CCC(=O)N(CCCOC)C3)C2)o1. The van der Waals surface area contributed by atoms with Crippen molar-refractivity contribution in [2.75, 3.05) is 39.9 Å². The van der Waals surface area contributed by atoms with Gasteiger partial charge in [0.05, 0.1) is 6.54 Å². The van der Waals surface area contributed by atoms with Crippen molar-refractivity contribution in [1.82, 2.24) is 20.0 Å². The van der Waals surface area contributed by atoms with Gasteiger partial charge in [-0.05, 0) is 32.2 Å². The van der Waals surface area contributed by atoms with E-state index in [4.69, 9.17) is 9.15 Å². The minimum atomic E-state index is 0.215. The monoisotopic (exact) mass is 350 g/mol. The highest BCUT2D eigenvalue weighted by Crippen LogP contribution is 2.39. The van der Waals surface area contributed by atoms with E-state index in [1.165, 1.54) is 6.42 Å². The number of piperidine rings is 2. The number of methoxy groups -OCH3 is 1. The highest BCUT2D eigenvalue weighted by Gasteiger charge is 2.41. The molecule has 1 aromatic rings. The molecule has 0 saturated carbocycles. The van der Waals surface area contributed by atoms with E-state index in [2.05, 4.69) is 15.1 Å². The molecule has 2 saturated heterocycles. The number of carbonyl (C=O) groups excluding carboxylic acids is 1.